The Labute approximate surface area is 129 Å². The molecule has 2 rings (SSSR count). The highest BCUT2D eigenvalue weighted by Crippen LogP contribution is 2.32. The molecule has 1 aliphatic rings. The largest absolute Gasteiger partial charge is 0.313 e. The topological polar surface area (TPSA) is 12.0 Å². The lowest BCUT2D eigenvalue weighted by Gasteiger charge is -2.34. The second-order valence-electron chi connectivity index (χ2n) is 6.86. The van der Waals surface area contributed by atoms with Crippen LogP contribution < -0.4 is 5.32 Å². The first kappa shape index (κ1) is 16.5. The minimum atomic E-state index is -0.124. The van der Waals surface area contributed by atoms with E-state index < -0.39 is 0 Å². The number of nitrogens with one attached hydrogen (secondary N) is 1. The van der Waals surface area contributed by atoms with Crippen LogP contribution >= 0.6 is 0 Å². The van der Waals surface area contributed by atoms with Crippen LogP contribution in [0, 0.1) is 24.6 Å². The van der Waals surface area contributed by atoms with Crippen LogP contribution in [-0.2, 0) is 6.42 Å². The second kappa shape index (κ2) is 7.93. The lowest BCUT2D eigenvalue weighted by atomic mass is 9.77. The normalized spacial score (nSPS) is 24.0. The average Bonchev–Trinajstić information content (AvgIpc) is 2.46. The van der Waals surface area contributed by atoms with Gasteiger partial charge in [0, 0.05) is 6.04 Å². The van der Waals surface area contributed by atoms with Gasteiger partial charge in [0.15, 0.2) is 0 Å². The first-order chi connectivity index (χ1) is 10.1. The maximum Gasteiger partial charge on any atom is 0.123 e. The zero-order valence-electron chi connectivity index (χ0n) is 13.8. The van der Waals surface area contributed by atoms with E-state index in [1.807, 2.05) is 13.0 Å². The zero-order chi connectivity index (χ0) is 15.2. The smallest absolute Gasteiger partial charge is 0.123 e. The van der Waals surface area contributed by atoms with Gasteiger partial charge in [0.1, 0.15) is 5.82 Å². The van der Waals surface area contributed by atoms with Crippen molar-refractivity contribution in [2.24, 2.45) is 11.8 Å². The van der Waals surface area contributed by atoms with Crippen molar-refractivity contribution in [1.82, 2.24) is 5.32 Å². The molecule has 0 bridgehead atoms. The third kappa shape index (κ3) is 4.81. The molecule has 1 atom stereocenters. The van der Waals surface area contributed by atoms with E-state index in [-0.39, 0.29) is 5.82 Å². The fourth-order valence-corrected chi connectivity index (χ4v) is 3.55. The van der Waals surface area contributed by atoms with Crippen molar-refractivity contribution in [1.29, 1.82) is 0 Å². The molecule has 0 aliphatic heterocycles. The Hall–Kier alpha value is -0.890. The van der Waals surface area contributed by atoms with Gasteiger partial charge in [-0.15, -0.1) is 0 Å². The predicted octanol–water partition coefficient (Wildman–Crippen LogP) is 4.87. The molecule has 21 heavy (non-hydrogen) atoms. The summed E-state index contributed by atoms with van der Waals surface area (Å²) in [6.45, 7) is 7.69. The van der Waals surface area contributed by atoms with E-state index in [4.69, 9.17) is 0 Å². The van der Waals surface area contributed by atoms with Crippen molar-refractivity contribution in [3.63, 3.8) is 0 Å². The Bertz CT molecular complexity index is 435. The molecule has 1 unspecified atom stereocenters. The first-order valence-corrected chi connectivity index (χ1v) is 8.58. The molecule has 1 aromatic rings. The third-order valence-corrected chi connectivity index (χ3v) is 5.03. The minimum absolute atomic E-state index is 0.124. The molecule has 1 aliphatic carbocycles. The van der Waals surface area contributed by atoms with Crippen LogP contribution in [0.1, 0.15) is 57.1 Å². The first-order valence-electron chi connectivity index (χ1n) is 8.58. The monoisotopic (exact) mass is 291 g/mol. The van der Waals surface area contributed by atoms with Crippen LogP contribution in [0.4, 0.5) is 4.39 Å². The summed E-state index contributed by atoms with van der Waals surface area (Å²) in [6.07, 6.45) is 7.59. The fourth-order valence-electron chi connectivity index (χ4n) is 3.55. The zero-order valence-corrected chi connectivity index (χ0v) is 13.8. The summed E-state index contributed by atoms with van der Waals surface area (Å²) in [7, 11) is 0. The summed E-state index contributed by atoms with van der Waals surface area (Å²) in [5, 5.41) is 3.75. The molecule has 0 saturated heterocycles. The van der Waals surface area contributed by atoms with Crippen molar-refractivity contribution in [2.75, 3.05) is 6.54 Å². The molecule has 0 heterocycles. The van der Waals surface area contributed by atoms with Gasteiger partial charge in [0.05, 0.1) is 0 Å². The van der Waals surface area contributed by atoms with Crippen LogP contribution in [0.3, 0.4) is 0 Å². The van der Waals surface area contributed by atoms with Gasteiger partial charge < -0.3 is 5.32 Å². The predicted molar refractivity (Wildman–Crippen MR) is 88.0 cm³/mol. The molecular formula is C19H30FN. The second-order valence-corrected chi connectivity index (χ2v) is 6.86. The van der Waals surface area contributed by atoms with Crippen molar-refractivity contribution in [3.05, 3.63) is 35.1 Å². The molecule has 0 aromatic heterocycles. The van der Waals surface area contributed by atoms with Crippen LogP contribution in [-0.4, -0.2) is 12.6 Å². The number of hydrogen-bond acceptors (Lipinski definition) is 1. The van der Waals surface area contributed by atoms with Gasteiger partial charge in [-0.3, -0.25) is 0 Å². The maximum atomic E-state index is 13.3. The fraction of sp³-hybridized carbons (Fsp3) is 0.684. The van der Waals surface area contributed by atoms with Crippen molar-refractivity contribution in [3.8, 4) is 0 Å². The Kier molecular flexibility index (Phi) is 6.22. The van der Waals surface area contributed by atoms with E-state index >= 15 is 0 Å². The van der Waals surface area contributed by atoms with Gasteiger partial charge in [-0.25, -0.2) is 4.39 Å². The van der Waals surface area contributed by atoms with E-state index in [9.17, 15) is 4.39 Å². The highest BCUT2D eigenvalue weighted by atomic mass is 19.1. The van der Waals surface area contributed by atoms with Gasteiger partial charge >= 0.3 is 0 Å². The molecule has 1 nitrogen and oxygen atoms in total. The molecule has 1 aromatic carbocycles. The van der Waals surface area contributed by atoms with E-state index in [0.29, 0.717) is 6.04 Å². The molecule has 1 fully saturated rings. The average molecular weight is 291 g/mol. The molecule has 1 saturated carbocycles. The lowest BCUT2D eigenvalue weighted by molar-refractivity contribution is 0.228. The van der Waals surface area contributed by atoms with Gasteiger partial charge in [-0.05, 0) is 74.2 Å². The third-order valence-electron chi connectivity index (χ3n) is 5.03. The standard InChI is InChI=1S/C19H30FN/c1-4-11-21-19(16-7-5-14(2)6-8-16)13-17-9-10-18(20)12-15(17)3/h9-10,12,14,16,19,21H,4-8,11,13H2,1-3H3. The molecule has 0 spiro atoms. The van der Waals surface area contributed by atoms with Crippen LogP contribution in [0.2, 0.25) is 0 Å². The van der Waals surface area contributed by atoms with E-state index in [1.165, 1.54) is 37.7 Å². The van der Waals surface area contributed by atoms with Crippen LogP contribution in [0.25, 0.3) is 0 Å². The number of hydrogen-bond donors (Lipinski definition) is 1. The lowest BCUT2D eigenvalue weighted by Crippen LogP contribution is -2.40. The molecule has 0 amide bonds. The summed E-state index contributed by atoms with van der Waals surface area (Å²) in [5.74, 6) is 1.54. The minimum Gasteiger partial charge on any atom is -0.313 e. The molecule has 118 valence electrons. The Balaban J connectivity index is 2.04. The van der Waals surface area contributed by atoms with Crippen LogP contribution in [0.5, 0.6) is 0 Å². The molecular weight excluding hydrogens is 261 g/mol. The number of aryl methyl sites for hydroxylation is 1. The quantitative estimate of drug-likeness (QED) is 0.788. The number of benzene rings is 1. The number of rotatable bonds is 6. The van der Waals surface area contributed by atoms with Crippen molar-refractivity contribution < 1.29 is 4.39 Å². The summed E-state index contributed by atoms with van der Waals surface area (Å²) in [5.41, 5.74) is 2.38. The van der Waals surface area contributed by atoms with Crippen LogP contribution in [0.15, 0.2) is 18.2 Å². The van der Waals surface area contributed by atoms with E-state index in [1.54, 1.807) is 12.1 Å². The maximum absolute atomic E-state index is 13.3. The summed E-state index contributed by atoms with van der Waals surface area (Å²) in [4.78, 5) is 0. The summed E-state index contributed by atoms with van der Waals surface area (Å²) >= 11 is 0. The van der Waals surface area contributed by atoms with Gasteiger partial charge in [-0.2, -0.15) is 0 Å². The number of halogens is 1. The van der Waals surface area contributed by atoms with Gasteiger partial charge in [0.2, 0.25) is 0 Å². The van der Waals surface area contributed by atoms with E-state index in [0.717, 1.165) is 30.4 Å². The molecule has 2 heteroatoms. The Morgan fingerprint density at radius 2 is 1.95 bits per heavy atom. The van der Waals surface area contributed by atoms with Crippen molar-refractivity contribution >= 4 is 0 Å². The highest BCUT2D eigenvalue weighted by molar-refractivity contribution is 5.27. The van der Waals surface area contributed by atoms with E-state index in [2.05, 4.69) is 19.2 Å². The summed E-state index contributed by atoms with van der Waals surface area (Å²) < 4.78 is 13.3. The van der Waals surface area contributed by atoms with Gasteiger partial charge in [0.25, 0.3) is 0 Å². The SMILES string of the molecule is CCCNC(Cc1ccc(F)cc1C)C1CCC(C)CC1. The highest BCUT2D eigenvalue weighted by Gasteiger charge is 2.26. The summed E-state index contributed by atoms with van der Waals surface area (Å²) in [6, 6.07) is 5.77. The van der Waals surface area contributed by atoms with Crippen molar-refractivity contribution in [2.45, 2.75) is 65.3 Å². The Morgan fingerprint density at radius 1 is 1.24 bits per heavy atom. The molecule has 0 radical (unpaired) electrons. The Morgan fingerprint density at radius 3 is 2.57 bits per heavy atom. The van der Waals surface area contributed by atoms with Gasteiger partial charge in [-0.1, -0.05) is 32.8 Å². The molecule has 1 N–H and O–H groups in total.